The van der Waals surface area contributed by atoms with E-state index in [-0.39, 0.29) is 18.0 Å². The summed E-state index contributed by atoms with van der Waals surface area (Å²) in [6.45, 7) is 3.32. The fourth-order valence-corrected chi connectivity index (χ4v) is 3.91. The molecule has 1 saturated heterocycles. The van der Waals surface area contributed by atoms with E-state index in [2.05, 4.69) is 4.72 Å². The standard InChI is InChI=1S/C15H21F3N2O2S/c1-11(2)12-3-5-14(6-4-12)23(21,22)19-13-7-8-20(9-13)10-15(16,17)18/h3-6,11,13,19H,7-10H2,1-2H3/t13-/m1/s1. The summed E-state index contributed by atoms with van der Waals surface area (Å²) in [4.78, 5) is 1.35. The molecule has 0 saturated carbocycles. The normalized spacial score (nSPS) is 20.3. The number of benzene rings is 1. The molecule has 0 radical (unpaired) electrons. The predicted molar refractivity (Wildman–Crippen MR) is 81.8 cm³/mol. The molecule has 130 valence electrons. The largest absolute Gasteiger partial charge is 0.401 e. The molecular formula is C15H21F3N2O2S. The van der Waals surface area contributed by atoms with E-state index in [9.17, 15) is 21.6 Å². The Balaban J connectivity index is 1.99. The van der Waals surface area contributed by atoms with Crippen molar-refractivity contribution >= 4 is 10.0 Å². The molecule has 1 aromatic carbocycles. The van der Waals surface area contributed by atoms with Crippen molar-refractivity contribution in [1.82, 2.24) is 9.62 Å². The summed E-state index contributed by atoms with van der Waals surface area (Å²) >= 11 is 0. The lowest BCUT2D eigenvalue weighted by Gasteiger charge is -2.18. The Hall–Kier alpha value is -1.12. The zero-order valence-electron chi connectivity index (χ0n) is 13.1. The predicted octanol–water partition coefficient (Wildman–Crippen LogP) is 2.72. The van der Waals surface area contributed by atoms with E-state index >= 15 is 0 Å². The summed E-state index contributed by atoms with van der Waals surface area (Å²) in [5, 5.41) is 0. The van der Waals surface area contributed by atoms with Crippen LogP contribution in [0.15, 0.2) is 29.2 Å². The van der Waals surface area contributed by atoms with Gasteiger partial charge in [0.05, 0.1) is 11.4 Å². The van der Waals surface area contributed by atoms with Crippen molar-refractivity contribution in [2.24, 2.45) is 0 Å². The molecule has 8 heteroatoms. The van der Waals surface area contributed by atoms with Gasteiger partial charge in [-0.25, -0.2) is 13.1 Å². The second kappa shape index (κ2) is 6.78. The van der Waals surface area contributed by atoms with Gasteiger partial charge in [0.25, 0.3) is 0 Å². The monoisotopic (exact) mass is 350 g/mol. The van der Waals surface area contributed by atoms with Gasteiger partial charge in [-0.3, -0.25) is 4.90 Å². The molecule has 1 heterocycles. The SMILES string of the molecule is CC(C)c1ccc(S(=O)(=O)N[C@@H]2CCN(CC(F)(F)F)C2)cc1. The van der Waals surface area contributed by atoms with Crippen LogP contribution in [0.25, 0.3) is 0 Å². The quantitative estimate of drug-likeness (QED) is 0.888. The maximum Gasteiger partial charge on any atom is 0.401 e. The number of nitrogens with one attached hydrogen (secondary N) is 1. The number of halogens is 3. The number of nitrogens with zero attached hydrogens (tertiary/aromatic N) is 1. The van der Waals surface area contributed by atoms with E-state index in [0.717, 1.165) is 5.56 Å². The molecule has 4 nitrogen and oxygen atoms in total. The van der Waals surface area contributed by atoms with Gasteiger partial charge in [-0.1, -0.05) is 26.0 Å². The van der Waals surface area contributed by atoms with Crippen molar-refractivity contribution in [3.05, 3.63) is 29.8 Å². The number of likely N-dealkylation sites (tertiary alicyclic amines) is 1. The first kappa shape index (κ1) is 18.2. The van der Waals surface area contributed by atoms with Crippen LogP contribution in [0, 0.1) is 0 Å². The van der Waals surface area contributed by atoms with Crippen LogP contribution in [-0.2, 0) is 10.0 Å². The van der Waals surface area contributed by atoms with E-state index in [1.54, 1.807) is 12.1 Å². The number of hydrogen-bond donors (Lipinski definition) is 1. The smallest absolute Gasteiger partial charge is 0.293 e. The Morgan fingerprint density at radius 3 is 2.39 bits per heavy atom. The number of sulfonamides is 1. The molecule has 0 aliphatic carbocycles. The molecule has 1 N–H and O–H groups in total. The van der Waals surface area contributed by atoms with Gasteiger partial charge < -0.3 is 0 Å². The van der Waals surface area contributed by atoms with Crippen LogP contribution in [0.4, 0.5) is 13.2 Å². The third-order valence-electron chi connectivity index (χ3n) is 3.85. The van der Waals surface area contributed by atoms with Crippen LogP contribution in [-0.4, -0.2) is 45.2 Å². The van der Waals surface area contributed by atoms with Gasteiger partial charge in [0.2, 0.25) is 10.0 Å². The highest BCUT2D eigenvalue weighted by atomic mass is 32.2. The number of alkyl halides is 3. The molecule has 0 amide bonds. The van der Waals surface area contributed by atoms with Crippen LogP contribution >= 0.6 is 0 Å². The maximum atomic E-state index is 12.4. The van der Waals surface area contributed by atoms with Gasteiger partial charge >= 0.3 is 6.18 Å². The third kappa shape index (κ3) is 5.19. The highest BCUT2D eigenvalue weighted by Crippen LogP contribution is 2.22. The molecule has 2 rings (SSSR count). The Kier molecular flexibility index (Phi) is 5.37. The molecule has 0 unspecified atom stereocenters. The lowest BCUT2D eigenvalue weighted by Crippen LogP contribution is -2.39. The van der Waals surface area contributed by atoms with Crippen LogP contribution in [0.3, 0.4) is 0 Å². The van der Waals surface area contributed by atoms with Gasteiger partial charge in [-0.05, 0) is 30.0 Å². The Morgan fingerprint density at radius 1 is 1.26 bits per heavy atom. The lowest BCUT2D eigenvalue weighted by atomic mass is 10.0. The van der Waals surface area contributed by atoms with Crippen LogP contribution in [0.2, 0.25) is 0 Å². The minimum absolute atomic E-state index is 0.0722. The lowest BCUT2D eigenvalue weighted by molar-refractivity contribution is -0.143. The van der Waals surface area contributed by atoms with Gasteiger partial charge in [0.15, 0.2) is 0 Å². The molecule has 1 aliphatic rings. The zero-order valence-corrected chi connectivity index (χ0v) is 13.9. The van der Waals surface area contributed by atoms with Crippen LogP contribution < -0.4 is 4.72 Å². The minimum Gasteiger partial charge on any atom is -0.293 e. The topological polar surface area (TPSA) is 49.4 Å². The second-order valence-corrected chi connectivity index (χ2v) is 7.89. The first-order chi connectivity index (χ1) is 10.6. The van der Waals surface area contributed by atoms with Gasteiger partial charge in [-0.2, -0.15) is 13.2 Å². The van der Waals surface area contributed by atoms with E-state index < -0.39 is 28.8 Å². The van der Waals surface area contributed by atoms with Crippen molar-refractivity contribution in [3.63, 3.8) is 0 Å². The van der Waals surface area contributed by atoms with E-state index in [4.69, 9.17) is 0 Å². The molecule has 0 aromatic heterocycles. The van der Waals surface area contributed by atoms with Crippen molar-refractivity contribution < 1.29 is 21.6 Å². The van der Waals surface area contributed by atoms with Crippen molar-refractivity contribution in [1.29, 1.82) is 0 Å². The minimum atomic E-state index is -4.26. The fraction of sp³-hybridized carbons (Fsp3) is 0.600. The molecule has 23 heavy (non-hydrogen) atoms. The molecule has 1 atom stereocenters. The second-order valence-electron chi connectivity index (χ2n) is 6.18. The van der Waals surface area contributed by atoms with E-state index in [0.29, 0.717) is 12.3 Å². The number of hydrogen-bond acceptors (Lipinski definition) is 3. The Labute approximate surface area is 134 Å². The highest BCUT2D eigenvalue weighted by Gasteiger charge is 2.35. The highest BCUT2D eigenvalue weighted by molar-refractivity contribution is 7.89. The average molecular weight is 350 g/mol. The fourth-order valence-electron chi connectivity index (χ4n) is 2.65. The van der Waals surface area contributed by atoms with Crippen molar-refractivity contribution in [2.75, 3.05) is 19.6 Å². The maximum absolute atomic E-state index is 12.4. The Morgan fingerprint density at radius 2 is 1.87 bits per heavy atom. The number of rotatable bonds is 5. The van der Waals surface area contributed by atoms with E-state index in [1.807, 2.05) is 13.8 Å². The van der Waals surface area contributed by atoms with Gasteiger partial charge in [-0.15, -0.1) is 0 Å². The summed E-state index contributed by atoms with van der Waals surface area (Å²) in [6, 6.07) is 6.07. The first-order valence-corrected chi connectivity index (χ1v) is 8.96. The summed E-state index contributed by atoms with van der Waals surface area (Å²) in [5.74, 6) is 0.297. The molecule has 0 bridgehead atoms. The summed E-state index contributed by atoms with van der Waals surface area (Å²) < 4.78 is 64.2. The summed E-state index contributed by atoms with van der Waals surface area (Å²) in [6.07, 6.45) is -3.89. The van der Waals surface area contributed by atoms with Crippen LogP contribution in [0.5, 0.6) is 0 Å². The summed E-state index contributed by atoms with van der Waals surface area (Å²) in [7, 11) is -3.71. The molecule has 1 aliphatic heterocycles. The van der Waals surface area contributed by atoms with Gasteiger partial charge in [0.1, 0.15) is 0 Å². The van der Waals surface area contributed by atoms with Crippen LogP contribution in [0.1, 0.15) is 31.7 Å². The molecule has 1 aromatic rings. The zero-order chi connectivity index (χ0) is 17.3. The van der Waals surface area contributed by atoms with Gasteiger partial charge in [0, 0.05) is 19.1 Å². The molecule has 1 fully saturated rings. The van der Waals surface area contributed by atoms with Crippen molar-refractivity contribution in [3.8, 4) is 0 Å². The average Bonchev–Trinajstić information content (AvgIpc) is 2.83. The molecule has 0 spiro atoms. The van der Waals surface area contributed by atoms with E-state index in [1.165, 1.54) is 17.0 Å². The third-order valence-corrected chi connectivity index (χ3v) is 5.39. The molecular weight excluding hydrogens is 329 g/mol. The van der Waals surface area contributed by atoms with Crippen molar-refractivity contribution in [2.45, 2.75) is 43.3 Å². The summed E-state index contributed by atoms with van der Waals surface area (Å²) in [5.41, 5.74) is 1.03. The Bertz CT molecular complexity index is 627. The first-order valence-electron chi connectivity index (χ1n) is 7.48.